The highest BCUT2D eigenvalue weighted by atomic mass is 16.4. The van der Waals surface area contributed by atoms with Crippen molar-refractivity contribution in [2.75, 3.05) is 13.1 Å². The average Bonchev–Trinajstić information content (AvgIpc) is 3.15. The predicted octanol–water partition coefficient (Wildman–Crippen LogP) is -0.696. The third kappa shape index (κ3) is 6.21. The van der Waals surface area contributed by atoms with Crippen molar-refractivity contribution >= 4 is 12.0 Å². The number of carbonyl (C=O) groups excluding carboxylic acids is 1. The summed E-state index contributed by atoms with van der Waals surface area (Å²) >= 11 is 0. The maximum Gasteiger partial charge on any atom is 0.325 e. The van der Waals surface area contributed by atoms with Crippen LogP contribution in [0.2, 0.25) is 0 Å². The SMILES string of the molecule is O=C(O)Cn1cc(CNC(=O)NCCCNC2CC2)nn1. The Morgan fingerprint density at radius 2 is 2.14 bits per heavy atom. The number of carbonyl (C=O) groups is 2. The van der Waals surface area contributed by atoms with Crippen LogP contribution in [0.15, 0.2) is 6.20 Å². The van der Waals surface area contributed by atoms with Crippen LogP contribution in [0.5, 0.6) is 0 Å². The van der Waals surface area contributed by atoms with Gasteiger partial charge in [-0.15, -0.1) is 5.10 Å². The van der Waals surface area contributed by atoms with Gasteiger partial charge in [-0.25, -0.2) is 9.48 Å². The van der Waals surface area contributed by atoms with Crippen molar-refractivity contribution in [1.82, 2.24) is 30.9 Å². The summed E-state index contributed by atoms with van der Waals surface area (Å²) < 4.78 is 1.21. The lowest BCUT2D eigenvalue weighted by atomic mass is 10.4. The molecule has 0 aliphatic heterocycles. The fourth-order valence-corrected chi connectivity index (χ4v) is 1.75. The highest BCUT2D eigenvalue weighted by molar-refractivity contribution is 5.73. The molecule has 9 nitrogen and oxygen atoms in total. The highest BCUT2D eigenvalue weighted by Crippen LogP contribution is 2.18. The summed E-state index contributed by atoms with van der Waals surface area (Å²) in [6.07, 6.45) is 4.90. The molecule has 1 fully saturated rings. The number of carboxylic acid groups (broad SMARTS) is 1. The first-order valence-corrected chi connectivity index (χ1v) is 6.99. The van der Waals surface area contributed by atoms with Crippen LogP contribution in [-0.2, 0) is 17.9 Å². The molecular formula is C12H20N6O3. The molecule has 1 aliphatic rings. The number of hydrogen-bond acceptors (Lipinski definition) is 5. The lowest BCUT2D eigenvalue weighted by Gasteiger charge is -2.06. The molecule has 0 bridgehead atoms. The number of hydrogen-bond donors (Lipinski definition) is 4. The molecule has 1 aromatic rings. The molecule has 1 aromatic heterocycles. The van der Waals surface area contributed by atoms with E-state index in [9.17, 15) is 9.59 Å². The van der Waals surface area contributed by atoms with Crippen LogP contribution in [0.25, 0.3) is 0 Å². The van der Waals surface area contributed by atoms with Gasteiger partial charge in [0.1, 0.15) is 12.2 Å². The molecule has 0 spiro atoms. The molecule has 9 heteroatoms. The Labute approximate surface area is 122 Å². The number of urea groups is 1. The van der Waals surface area contributed by atoms with E-state index in [0.29, 0.717) is 18.3 Å². The quantitative estimate of drug-likeness (QED) is 0.447. The summed E-state index contributed by atoms with van der Waals surface area (Å²) in [6, 6.07) is 0.418. The molecule has 1 aliphatic carbocycles. The van der Waals surface area contributed by atoms with E-state index in [4.69, 9.17) is 5.11 Å². The van der Waals surface area contributed by atoms with Gasteiger partial charge in [0, 0.05) is 12.6 Å². The third-order valence-electron chi connectivity index (χ3n) is 2.96. The van der Waals surface area contributed by atoms with Crippen molar-refractivity contribution in [3.63, 3.8) is 0 Å². The Balaban J connectivity index is 1.55. The molecule has 0 aromatic carbocycles. The monoisotopic (exact) mass is 296 g/mol. The molecule has 0 radical (unpaired) electrons. The molecule has 2 amide bonds. The fourth-order valence-electron chi connectivity index (χ4n) is 1.75. The third-order valence-corrected chi connectivity index (χ3v) is 2.96. The Kier molecular flexibility index (Phi) is 5.50. The van der Waals surface area contributed by atoms with Gasteiger partial charge in [-0.3, -0.25) is 4.79 Å². The Morgan fingerprint density at radius 3 is 2.86 bits per heavy atom. The summed E-state index contributed by atoms with van der Waals surface area (Å²) in [7, 11) is 0. The Bertz CT molecular complexity index is 485. The molecular weight excluding hydrogens is 276 g/mol. The minimum Gasteiger partial charge on any atom is -0.480 e. The number of carboxylic acids is 1. The first-order valence-electron chi connectivity index (χ1n) is 6.99. The van der Waals surface area contributed by atoms with E-state index in [1.807, 2.05) is 0 Å². The van der Waals surface area contributed by atoms with Gasteiger partial charge >= 0.3 is 12.0 Å². The molecule has 4 N–H and O–H groups in total. The zero-order chi connectivity index (χ0) is 15.1. The number of nitrogens with zero attached hydrogens (tertiary/aromatic N) is 3. The predicted molar refractivity (Wildman–Crippen MR) is 73.5 cm³/mol. The van der Waals surface area contributed by atoms with E-state index >= 15 is 0 Å². The largest absolute Gasteiger partial charge is 0.480 e. The van der Waals surface area contributed by atoms with Crippen molar-refractivity contribution in [1.29, 1.82) is 0 Å². The van der Waals surface area contributed by atoms with Crippen LogP contribution in [0.3, 0.4) is 0 Å². The molecule has 0 atom stereocenters. The van der Waals surface area contributed by atoms with Crippen molar-refractivity contribution in [3.8, 4) is 0 Å². The van der Waals surface area contributed by atoms with E-state index in [1.54, 1.807) is 0 Å². The van der Waals surface area contributed by atoms with Gasteiger partial charge in [0.2, 0.25) is 0 Å². The lowest BCUT2D eigenvalue weighted by Crippen LogP contribution is -2.36. The maximum absolute atomic E-state index is 11.5. The van der Waals surface area contributed by atoms with Gasteiger partial charge in [-0.1, -0.05) is 5.21 Å². The number of rotatable bonds is 9. The first-order chi connectivity index (χ1) is 10.1. The summed E-state index contributed by atoms with van der Waals surface area (Å²) in [5.74, 6) is -0.989. The summed E-state index contributed by atoms with van der Waals surface area (Å²) in [6.45, 7) is 1.49. The van der Waals surface area contributed by atoms with E-state index < -0.39 is 5.97 Å². The number of amides is 2. The van der Waals surface area contributed by atoms with Gasteiger partial charge in [-0.2, -0.15) is 0 Å². The van der Waals surface area contributed by atoms with Crippen LogP contribution in [-0.4, -0.2) is 51.2 Å². The number of nitrogens with one attached hydrogen (secondary N) is 3. The zero-order valence-electron chi connectivity index (χ0n) is 11.7. The van der Waals surface area contributed by atoms with Gasteiger partial charge in [0.25, 0.3) is 0 Å². The molecule has 21 heavy (non-hydrogen) atoms. The first kappa shape index (κ1) is 15.2. The van der Waals surface area contributed by atoms with E-state index in [2.05, 4.69) is 26.3 Å². The average molecular weight is 296 g/mol. The maximum atomic E-state index is 11.5. The molecule has 0 unspecified atom stereocenters. The van der Waals surface area contributed by atoms with Crippen LogP contribution in [0.1, 0.15) is 25.0 Å². The number of aliphatic carboxylic acids is 1. The second-order valence-electron chi connectivity index (χ2n) is 4.99. The normalized spacial score (nSPS) is 13.9. The van der Waals surface area contributed by atoms with Crippen LogP contribution in [0.4, 0.5) is 4.79 Å². The molecule has 1 saturated carbocycles. The van der Waals surface area contributed by atoms with Crippen molar-refractivity contribution in [2.45, 2.75) is 38.4 Å². The fraction of sp³-hybridized carbons (Fsp3) is 0.667. The van der Waals surface area contributed by atoms with Gasteiger partial charge in [0.05, 0.1) is 12.7 Å². The molecule has 1 heterocycles. The summed E-state index contributed by atoms with van der Waals surface area (Å²) in [5.41, 5.74) is 0.516. The second kappa shape index (κ2) is 7.58. The number of aromatic nitrogens is 3. The zero-order valence-corrected chi connectivity index (χ0v) is 11.7. The molecule has 2 rings (SSSR count). The second-order valence-corrected chi connectivity index (χ2v) is 4.99. The summed E-state index contributed by atoms with van der Waals surface area (Å²) in [4.78, 5) is 22.0. The van der Waals surface area contributed by atoms with Crippen molar-refractivity contribution in [2.24, 2.45) is 0 Å². The minimum atomic E-state index is -0.989. The van der Waals surface area contributed by atoms with Gasteiger partial charge in [0.15, 0.2) is 0 Å². The lowest BCUT2D eigenvalue weighted by molar-refractivity contribution is -0.137. The van der Waals surface area contributed by atoms with E-state index in [0.717, 1.165) is 13.0 Å². The standard InChI is InChI=1S/C12H20N6O3/c19-11(20)8-18-7-10(16-17-18)6-15-12(21)14-5-1-4-13-9-2-3-9/h7,9,13H,1-6,8H2,(H,19,20)(H2,14,15,21). The van der Waals surface area contributed by atoms with Crippen LogP contribution >= 0.6 is 0 Å². The molecule has 116 valence electrons. The molecule has 0 saturated heterocycles. The topological polar surface area (TPSA) is 121 Å². The van der Waals surface area contributed by atoms with Gasteiger partial charge < -0.3 is 21.1 Å². The Morgan fingerprint density at radius 1 is 1.33 bits per heavy atom. The van der Waals surface area contributed by atoms with Crippen LogP contribution < -0.4 is 16.0 Å². The minimum absolute atomic E-state index is 0.214. The van der Waals surface area contributed by atoms with E-state index in [-0.39, 0.29) is 19.1 Å². The van der Waals surface area contributed by atoms with Crippen molar-refractivity contribution < 1.29 is 14.7 Å². The smallest absolute Gasteiger partial charge is 0.325 e. The highest BCUT2D eigenvalue weighted by Gasteiger charge is 2.19. The van der Waals surface area contributed by atoms with Gasteiger partial charge in [-0.05, 0) is 25.8 Å². The van der Waals surface area contributed by atoms with Crippen LogP contribution in [0, 0.1) is 0 Å². The van der Waals surface area contributed by atoms with Crippen molar-refractivity contribution in [3.05, 3.63) is 11.9 Å². The Hall–Kier alpha value is -2.16. The summed E-state index contributed by atoms with van der Waals surface area (Å²) in [5, 5.41) is 24.8. The van der Waals surface area contributed by atoms with E-state index in [1.165, 1.54) is 23.7 Å².